The molecule has 3 rings (SSSR count). The molecule has 12 heteroatoms. The summed E-state index contributed by atoms with van der Waals surface area (Å²) in [5, 5.41) is 15.7. The quantitative estimate of drug-likeness (QED) is 0.316. The molecular formula is C34H49F3N4O5. The Morgan fingerprint density at radius 3 is 2.43 bits per heavy atom. The van der Waals surface area contributed by atoms with Crippen molar-refractivity contribution in [1.29, 1.82) is 0 Å². The third-order valence-electron chi connectivity index (χ3n) is 7.95. The number of rotatable bonds is 8. The van der Waals surface area contributed by atoms with E-state index in [2.05, 4.69) is 10.6 Å². The predicted octanol–water partition coefficient (Wildman–Crippen LogP) is 6.16. The van der Waals surface area contributed by atoms with E-state index in [0.717, 1.165) is 37.0 Å². The van der Waals surface area contributed by atoms with Crippen LogP contribution in [0, 0.1) is 5.92 Å². The Labute approximate surface area is 270 Å². The van der Waals surface area contributed by atoms with Crippen molar-refractivity contribution in [1.82, 2.24) is 15.1 Å². The number of likely N-dealkylation sites (N-methyl/N-ethyl adjacent to an activating group) is 1. The summed E-state index contributed by atoms with van der Waals surface area (Å²) in [4.78, 5) is 30.2. The largest absolute Gasteiger partial charge is 0.490 e. The molecule has 4 atom stereocenters. The number of benzene rings is 2. The van der Waals surface area contributed by atoms with Crippen LogP contribution in [0.3, 0.4) is 0 Å². The van der Waals surface area contributed by atoms with Crippen molar-refractivity contribution in [2.45, 2.75) is 90.9 Å². The minimum Gasteiger partial charge on any atom is -0.490 e. The highest BCUT2D eigenvalue weighted by atomic mass is 19.4. The van der Waals surface area contributed by atoms with Gasteiger partial charge in [0, 0.05) is 43.9 Å². The molecule has 46 heavy (non-hydrogen) atoms. The molecule has 0 aliphatic carbocycles. The molecule has 0 fully saturated rings. The average Bonchev–Trinajstić information content (AvgIpc) is 2.98. The molecular weight excluding hydrogens is 601 g/mol. The standard InChI is InChI=1S/C34H49F3N4O5/c1-22(2)38-33(44)39-28-14-15-30-29(17-28)32(43)41(24(4)21-42)18-23(3)31(45-16-8-7-9-25(5)46-30)20-40(6)19-26-10-12-27(13-11-26)34(35,36)37/h10-15,17,22-25,31,42H,7-9,16,18-21H2,1-6H3,(H2,38,39,44)/t23-,24+,25-,31-/m0/s1. The van der Waals surface area contributed by atoms with E-state index in [1.54, 1.807) is 30.0 Å². The van der Waals surface area contributed by atoms with E-state index in [1.807, 2.05) is 39.6 Å². The van der Waals surface area contributed by atoms with Crippen LogP contribution in [0.15, 0.2) is 42.5 Å². The second kappa shape index (κ2) is 17.0. The molecule has 0 unspecified atom stereocenters. The second-order valence-electron chi connectivity index (χ2n) is 12.7. The number of alkyl halides is 3. The first-order valence-electron chi connectivity index (χ1n) is 15.9. The number of nitrogens with zero attached hydrogens (tertiary/aromatic N) is 2. The maximum absolute atomic E-state index is 14.2. The van der Waals surface area contributed by atoms with Gasteiger partial charge in [-0.15, -0.1) is 0 Å². The van der Waals surface area contributed by atoms with Gasteiger partial charge in [0.05, 0.1) is 36.0 Å². The first-order valence-corrected chi connectivity index (χ1v) is 15.9. The van der Waals surface area contributed by atoms with Gasteiger partial charge in [-0.1, -0.05) is 19.1 Å². The molecule has 0 radical (unpaired) electrons. The van der Waals surface area contributed by atoms with Gasteiger partial charge in [-0.25, -0.2) is 4.79 Å². The predicted molar refractivity (Wildman–Crippen MR) is 172 cm³/mol. The van der Waals surface area contributed by atoms with Gasteiger partial charge in [-0.05, 0) is 89.9 Å². The maximum Gasteiger partial charge on any atom is 0.416 e. The van der Waals surface area contributed by atoms with E-state index in [4.69, 9.17) is 9.47 Å². The van der Waals surface area contributed by atoms with Crippen molar-refractivity contribution >= 4 is 17.6 Å². The lowest BCUT2D eigenvalue weighted by Crippen LogP contribution is -2.47. The van der Waals surface area contributed by atoms with E-state index >= 15 is 0 Å². The number of hydrogen-bond acceptors (Lipinski definition) is 6. The van der Waals surface area contributed by atoms with E-state index in [-0.39, 0.29) is 48.8 Å². The molecule has 0 saturated carbocycles. The highest BCUT2D eigenvalue weighted by molar-refractivity contribution is 5.99. The number of amides is 3. The highest BCUT2D eigenvalue weighted by Crippen LogP contribution is 2.30. The number of nitrogens with one attached hydrogen (secondary N) is 2. The van der Waals surface area contributed by atoms with Gasteiger partial charge in [0.1, 0.15) is 5.75 Å². The van der Waals surface area contributed by atoms with Crippen LogP contribution in [-0.2, 0) is 17.5 Å². The number of aliphatic hydroxyl groups is 1. The molecule has 3 amide bonds. The van der Waals surface area contributed by atoms with Gasteiger partial charge < -0.3 is 30.1 Å². The zero-order valence-corrected chi connectivity index (χ0v) is 27.7. The zero-order chi connectivity index (χ0) is 34.0. The summed E-state index contributed by atoms with van der Waals surface area (Å²) in [7, 11) is 1.89. The van der Waals surface area contributed by atoms with Gasteiger partial charge in [0.2, 0.25) is 0 Å². The number of ether oxygens (including phenoxy) is 2. The van der Waals surface area contributed by atoms with Gasteiger partial charge >= 0.3 is 12.2 Å². The third kappa shape index (κ3) is 11.2. The zero-order valence-electron chi connectivity index (χ0n) is 27.7. The molecule has 0 bridgehead atoms. The number of fused-ring (bicyclic) bond motifs is 1. The SMILES string of the molecule is CC(C)NC(=O)Nc1ccc2c(c1)C(=O)N([C@H](C)CO)C[C@H](C)[C@H](CN(C)Cc1ccc(C(F)(F)F)cc1)OCCCC[C@H](C)O2. The summed E-state index contributed by atoms with van der Waals surface area (Å²) in [6, 6.07) is 9.13. The van der Waals surface area contributed by atoms with Crippen LogP contribution in [0.5, 0.6) is 5.75 Å². The number of carbonyl (C=O) groups excluding carboxylic acids is 2. The van der Waals surface area contributed by atoms with Crippen molar-refractivity contribution in [3.63, 3.8) is 0 Å². The Morgan fingerprint density at radius 1 is 1.11 bits per heavy atom. The number of hydrogen-bond donors (Lipinski definition) is 3. The Hall–Kier alpha value is -3.35. The Balaban J connectivity index is 1.87. The molecule has 9 nitrogen and oxygen atoms in total. The summed E-state index contributed by atoms with van der Waals surface area (Å²) in [6.07, 6.45) is -2.50. The van der Waals surface area contributed by atoms with Gasteiger partial charge in [0.25, 0.3) is 5.91 Å². The molecule has 2 aromatic rings. The monoisotopic (exact) mass is 650 g/mol. The second-order valence-corrected chi connectivity index (χ2v) is 12.7. The van der Waals surface area contributed by atoms with Crippen LogP contribution in [0.1, 0.15) is 75.4 Å². The lowest BCUT2D eigenvalue weighted by atomic mass is 10.0. The summed E-state index contributed by atoms with van der Waals surface area (Å²) >= 11 is 0. The van der Waals surface area contributed by atoms with Gasteiger partial charge in [-0.3, -0.25) is 9.69 Å². The van der Waals surface area contributed by atoms with Crippen LogP contribution in [0.4, 0.5) is 23.7 Å². The molecule has 2 aromatic carbocycles. The molecule has 0 saturated heterocycles. The van der Waals surface area contributed by atoms with Crippen molar-refractivity contribution < 1.29 is 37.3 Å². The van der Waals surface area contributed by atoms with Crippen molar-refractivity contribution in [3.8, 4) is 5.75 Å². The number of aliphatic hydroxyl groups excluding tert-OH is 1. The average molecular weight is 651 g/mol. The highest BCUT2D eigenvalue weighted by Gasteiger charge is 2.31. The fourth-order valence-electron chi connectivity index (χ4n) is 5.37. The molecule has 1 heterocycles. The Bertz CT molecular complexity index is 1270. The Kier molecular flexibility index (Phi) is 13.7. The van der Waals surface area contributed by atoms with E-state index in [9.17, 15) is 27.9 Å². The number of anilines is 1. The van der Waals surface area contributed by atoms with Crippen molar-refractivity contribution in [2.75, 3.05) is 38.7 Å². The van der Waals surface area contributed by atoms with Crippen LogP contribution >= 0.6 is 0 Å². The summed E-state index contributed by atoms with van der Waals surface area (Å²) in [6.45, 7) is 10.8. The first kappa shape index (κ1) is 37.1. The number of urea groups is 1. The molecule has 256 valence electrons. The topological polar surface area (TPSA) is 103 Å². The summed E-state index contributed by atoms with van der Waals surface area (Å²) < 4.78 is 51.7. The molecule has 0 spiro atoms. The summed E-state index contributed by atoms with van der Waals surface area (Å²) in [5.41, 5.74) is 0.758. The van der Waals surface area contributed by atoms with Crippen LogP contribution in [-0.4, -0.2) is 84.5 Å². The van der Waals surface area contributed by atoms with E-state index in [1.165, 1.54) is 12.1 Å². The fourth-order valence-corrected chi connectivity index (χ4v) is 5.37. The molecule has 1 aliphatic heterocycles. The maximum atomic E-state index is 14.2. The lowest BCUT2D eigenvalue weighted by molar-refractivity contribution is -0.137. The van der Waals surface area contributed by atoms with Crippen molar-refractivity contribution in [2.24, 2.45) is 5.92 Å². The smallest absolute Gasteiger partial charge is 0.416 e. The molecule has 0 aromatic heterocycles. The minimum absolute atomic E-state index is 0.0744. The third-order valence-corrected chi connectivity index (χ3v) is 7.95. The number of halogens is 3. The summed E-state index contributed by atoms with van der Waals surface area (Å²) in [5.74, 6) is -0.119. The minimum atomic E-state index is -4.39. The van der Waals surface area contributed by atoms with E-state index in [0.29, 0.717) is 31.1 Å². The van der Waals surface area contributed by atoms with Crippen LogP contribution in [0.25, 0.3) is 0 Å². The van der Waals surface area contributed by atoms with Gasteiger partial charge in [-0.2, -0.15) is 13.2 Å². The fraction of sp³-hybridized carbons (Fsp3) is 0.588. The van der Waals surface area contributed by atoms with Crippen molar-refractivity contribution in [3.05, 3.63) is 59.2 Å². The molecule has 3 N–H and O–H groups in total. The van der Waals surface area contributed by atoms with Gasteiger partial charge in [0.15, 0.2) is 0 Å². The van der Waals surface area contributed by atoms with Crippen LogP contribution < -0.4 is 15.4 Å². The Morgan fingerprint density at radius 2 is 1.80 bits per heavy atom. The van der Waals surface area contributed by atoms with Crippen LogP contribution in [0.2, 0.25) is 0 Å². The normalized spacial score (nSPS) is 20.9. The molecule has 1 aliphatic rings. The lowest BCUT2D eigenvalue weighted by Gasteiger charge is -2.36. The van der Waals surface area contributed by atoms with E-state index < -0.39 is 23.8 Å². The first-order chi connectivity index (χ1) is 21.7. The number of carbonyl (C=O) groups is 2.